The molecule has 27 heavy (non-hydrogen) atoms. The van der Waals surface area contributed by atoms with Crippen LogP contribution >= 0.6 is 0 Å². The maximum atomic E-state index is 12.6. The van der Waals surface area contributed by atoms with Crippen LogP contribution in [0.25, 0.3) is 11.4 Å². The maximum absolute atomic E-state index is 12.6. The van der Waals surface area contributed by atoms with Crippen molar-refractivity contribution in [3.05, 3.63) is 59.4 Å². The smallest absolute Gasteiger partial charge is 0.272 e. The van der Waals surface area contributed by atoms with Crippen LogP contribution in [0.4, 0.5) is 0 Å². The minimum absolute atomic E-state index is 0.0941. The van der Waals surface area contributed by atoms with Crippen molar-refractivity contribution in [2.24, 2.45) is 0 Å². The number of hydrogen-bond donors (Lipinski definition) is 2. The number of hydrogen-bond acceptors (Lipinski definition) is 5. The minimum atomic E-state index is -0.174. The van der Waals surface area contributed by atoms with Gasteiger partial charge in [-0.15, -0.1) is 0 Å². The van der Waals surface area contributed by atoms with Crippen LogP contribution in [0.3, 0.4) is 0 Å². The lowest BCUT2D eigenvalue weighted by Gasteiger charge is -2.25. The molecule has 0 spiro atoms. The number of pyridine rings is 1. The van der Waals surface area contributed by atoms with E-state index in [1.807, 2.05) is 24.4 Å². The van der Waals surface area contributed by atoms with Crippen LogP contribution in [-0.4, -0.2) is 31.1 Å². The van der Waals surface area contributed by atoms with Crippen LogP contribution in [0.2, 0.25) is 0 Å². The monoisotopic (exact) mass is 362 g/mol. The highest BCUT2D eigenvalue weighted by atomic mass is 16.2. The zero-order valence-electron chi connectivity index (χ0n) is 15.4. The second kappa shape index (κ2) is 7.26. The molecule has 0 fully saturated rings. The molecule has 4 rings (SSSR count). The Morgan fingerprint density at radius 3 is 2.96 bits per heavy atom. The van der Waals surface area contributed by atoms with Gasteiger partial charge in [0.25, 0.3) is 5.91 Å². The van der Waals surface area contributed by atoms with E-state index >= 15 is 0 Å². The third-order valence-electron chi connectivity index (χ3n) is 4.86. The van der Waals surface area contributed by atoms with E-state index in [-0.39, 0.29) is 11.9 Å². The molecule has 0 aromatic carbocycles. The van der Waals surface area contributed by atoms with Gasteiger partial charge in [-0.05, 0) is 43.4 Å². The fraction of sp³-hybridized carbons (Fsp3) is 0.350. The van der Waals surface area contributed by atoms with E-state index < -0.39 is 0 Å². The molecule has 1 aliphatic rings. The number of carbonyl (C=O) groups is 1. The van der Waals surface area contributed by atoms with Crippen LogP contribution in [-0.2, 0) is 6.42 Å². The first-order valence-corrected chi connectivity index (χ1v) is 9.24. The molecule has 7 heteroatoms. The van der Waals surface area contributed by atoms with E-state index in [0.717, 1.165) is 41.8 Å². The Hall–Kier alpha value is -3.09. The van der Waals surface area contributed by atoms with Crippen molar-refractivity contribution in [3.63, 3.8) is 0 Å². The first kappa shape index (κ1) is 17.3. The van der Waals surface area contributed by atoms with Gasteiger partial charge in [0, 0.05) is 41.1 Å². The Bertz CT molecular complexity index is 950. The number of fused-ring (bicyclic) bond motifs is 1. The van der Waals surface area contributed by atoms with Gasteiger partial charge in [-0.1, -0.05) is 13.8 Å². The van der Waals surface area contributed by atoms with Crippen molar-refractivity contribution in [1.82, 2.24) is 30.5 Å². The van der Waals surface area contributed by atoms with Gasteiger partial charge in [-0.25, -0.2) is 9.97 Å². The van der Waals surface area contributed by atoms with Crippen molar-refractivity contribution >= 4 is 5.91 Å². The standard InChI is InChI=1S/C20H22N6O/c1-12(2)17-9-18(26-25-17)20(27)24-16-7-3-6-15-14(16)11-22-19(23-15)13-5-4-8-21-10-13/h4-5,8-12,16H,3,6-7H2,1-2H3,(H,24,27)(H,25,26)/t16-/m0/s1. The zero-order chi connectivity index (χ0) is 18.8. The number of aromatic amines is 1. The fourth-order valence-electron chi connectivity index (χ4n) is 3.31. The number of carbonyl (C=O) groups excluding carboxylic acids is 1. The molecular formula is C20H22N6O. The van der Waals surface area contributed by atoms with Crippen molar-refractivity contribution in [2.45, 2.75) is 45.1 Å². The highest BCUT2D eigenvalue weighted by Gasteiger charge is 2.25. The maximum Gasteiger partial charge on any atom is 0.272 e. The van der Waals surface area contributed by atoms with Crippen LogP contribution in [0.15, 0.2) is 36.8 Å². The molecule has 1 atom stereocenters. The molecule has 0 unspecified atom stereocenters. The Morgan fingerprint density at radius 1 is 1.33 bits per heavy atom. The topological polar surface area (TPSA) is 96.5 Å². The molecular weight excluding hydrogens is 340 g/mol. The largest absolute Gasteiger partial charge is 0.344 e. The van der Waals surface area contributed by atoms with E-state index in [0.29, 0.717) is 17.4 Å². The summed E-state index contributed by atoms with van der Waals surface area (Å²) in [5.41, 5.74) is 4.24. The summed E-state index contributed by atoms with van der Waals surface area (Å²) in [5, 5.41) is 10.2. The molecule has 7 nitrogen and oxygen atoms in total. The van der Waals surface area contributed by atoms with Gasteiger partial charge in [0.1, 0.15) is 5.69 Å². The number of amides is 1. The molecule has 3 heterocycles. The molecule has 2 N–H and O–H groups in total. The molecule has 0 radical (unpaired) electrons. The second-order valence-corrected chi connectivity index (χ2v) is 7.12. The highest BCUT2D eigenvalue weighted by Crippen LogP contribution is 2.29. The molecule has 3 aromatic heterocycles. The highest BCUT2D eigenvalue weighted by molar-refractivity contribution is 5.92. The summed E-state index contributed by atoms with van der Waals surface area (Å²) in [7, 11) is 0. The van der Waals surface area contributed by atoms with Crippen molar-refractivity contribution in [1.29, 1.82) is 0 Å². The predicted octanol–water partition coefficient (Wildman–Crippen LogP) is 3.19. The van der Waals surface area contributed by atoms with E-state index in [4.69, 9.17) is 4.98 Å². The minimum Gasteiger partial charge on any atom is -0.344 e. The quantitative estimate of drug-likeness (QED) is 0.743. The van der Waals surface area contributed by atoms with E-state index in [1.165, 1.54) is 0 Å². The molecule has 1 amide bonds. The zero-order valence-corrected chi connectivity index (χ0v) is 15.4. The summed E-state index contributed by atoms with van der Waals surface area (Å²) in [6.07, 6.45) is 8.05. The summed E-state index contributed by atoms with van der Waals surface area (Å²) in [6, 6.07) is 5.53. The summed E-state index contributed by atoms with van der Waals surface area (Å²) < 4.78 is 0. The van der Waals surface area contributed by atoms with Crippen LogP contribution in [0.5, 0.6) is 0 Å². The van der Waals surface area contributed by atoms with Crippen LogP contribution < -0.4 is 5.32 Å². The van der Waals surface area contributed by atoms with Crippen LogP contribution in [0.1, 0.15) is 66.1 Å². The van der Waals surface area contributed by atoms with Gasteiger partial charge < -0.3 is 5.32 Å². The summed E-state index contributed by atoms with van der Waals surface area (Å²) in [4.78, 5) is 25.9. The molecule has 0 saturated heterocycles. The number of aromatic nitrogens is 5. The van der Waals surface area contributed by atoms with E-state index in [2.05, 4.69) is 39.3 Å². The van der Waals surface area contributed by atoms with Gasteiger partial charge >= 0.3 is 0 Å². The lowest BCUT2D eigenvalue weighted by Crippen LogP contribution is -2.31. The van der Waals surface area contributed by atoms with E-state index in [1.54, 1.807) is 12.4 Å². The average Bonchev–Trinajstić information content (AvgIpc) is 3.19. The fourth-order valence-corrected chi connectivity index (χ4v) is 3.31. The van der Waals surface area contributed by atoms with Crippen molar-refractivity contribution in [2.75, 3.05) is 0 Å². The Labute approximate surface area is 157 Å². The van der Waals surface area contributed by atoms with Gasteiger partial charge in [0.15, 0.2) is 5.82 Å². The Kier molecular flexibility index (Phi) is 4.66. The molecule has 3 aromatic rings. The first-order valence-electron chi connectivity index (χ1n) is 9.24. The van der Waals surface area contributed by atoms with Crippen LogP contribution in [0, 0.1) is 0 Å². The normalized spacial score (nSPS) is 16.2. The number of H-pyrrole nitrogens is 1. The third-order valence-corrected chi connectivity index (χ3v) is 4.86. The number of aryl methyl sites for hydroxylation is 1. The summed E-state index contributed by atoms with van der Waals surface area (Å²) >= 11 is 0. The SMILES string of the molecule is CC(C)c1cc(C(=O)N[C@H]2CCCc3nc(-c4cccnc4)ncc32)n[nH]1. The van der Waals surface area contributed by atoms with Gasteiger partial charge in [-0.2, -0.15) is 5.10 Å². The molecule has 0 bridgehead atoms. The molecule has 1 aliphatic carbocycles. The number of nitrogens with one attached hydrogen (secondary N) is 2. The molecule has 0 saturated carbocycles. The summed E-state index contributed by atoms with van der Waals surface area (Å²) in [6.45, 7) is 4.12. The predicted molar refractivity (Wildman–Crippen MR) is 101 cm³/mol. The molecule has 0 aliphatic heterocycles. The number of rotatable bonds is 4. The first-order chi connectivity index (χ1) is 13.1. The average molecular weight is 362 g/mol. The molecule has 138 valence electrons. The Morgan fingerprint density at radius 2 is 2.22 bits per heavy atom. The van der Waals surface area contributed by atoms with Gasteiger partial charge in [0.2, 0.25) is 0 Å². The third kappa shape index (κ3) is 3.58. The lowest BCUT2D eigenvalue weighted by atomic mass is 9.92. The van der Waals surface area contributed by atoms with E-state index in [9.17, 15) is 4.79 Å². The second-order valence-electron chi connectivity index (χ2n) is 7.12. The lowest BCUT2D eigenvalue weighted by molar-refractivity contribution is 0.0927. The van der Waals surface area contributed by atoms with Gasteiger partial charge in [-0.3, -0.25) is 14.9 Å². The Balaban J connectivity index is 1.55. The summed E-state index contributed by atoms with van der Waals surface area (Å²) in [5.74, 6) is 0.795. The van der Waals surface area contributed by atoms with Crippen molar-refractivity contribution < 1.29 is 4.79 Å². The van der Waals surface area contributed by atoms with Gasteiger partial charge in [0.05, 0.1) is 6.04 Å². The van der Waals surface area contributed by atoms with Crippen molar-refractivity contribution in [3.8, 4) is 11.4 Å². The number of nitrogens with zero attached hydrogens (tertiary/aromatic N) is 4.